The fourth-order valence-electron chi connectivity index (χ4n) is 0.981. The van der Waals surface area contributed by atoms with Gasteiger partial charge in [0.2, 0.25) is 0 Å². The lowest BCUT2D eigenvalue weighted by atomic mass is 10.2. The van der Waals surface area contributed by atoms with E-state index in [0.29, 0.717) is 4.90 Å². The maximum atomic E-state index is 11.6. The van der Waals surface area contributed by atoms with Gasteiger partial charge in [-0.3, -0.25) is 4.79 Å². The molecule has 1 aromatic rings. The van der Waals surface area contributed by atoms with Crippen molar-refractivity contribution in [1.29, 1.82) is 0 Å². The van der Waals surface area contributed by atoms with Gasteiger partial charge in [0.05, 0.1) is 6.10 Å². The lowest BCUT2D eigenvalue weighted by Gasteiger charge is -2.15. The number of aliphatic hydroxyl groups excluding tert-OH is 1. The molecule has 0 heterocycles. The molecule has 0 bridgehead atoms. The highest BCUT2D eigenvalue weighted by Crippen LogP contribution is 2.07. The predicted molar refractivity (Wildman–Crippen MR) is 60.6 cm³/mol. The fraction of sp³-hybridized carbons (Fsp3) is 0.300. The summed E-state index contributed by atoms with van der Waals surface area (Å²) in [5, 5.41) is 9.09. The molecule has 0 aliphatic rings. The molecule has 0 aliphatic heterocycles. The Labute approximate surface area is 97.0 Å². The van der Waals surface area contributed by atoms with Gasteiger partial charge in [-0.05, 0) is 19.1 Å². The smallest absolute Gasteiger partial charge is 0.281 e. The second-order valence-electron chi connectivity index (χ2n) is 3.31. The quantitative estimate of drug-likeness (QED) is 0.622. The van der Waals surface area contributed by atoms with Crippen LogP contribution in [0.3, 0.4) is 0 Å². The van der Waals surface area contributed by atoms with E-state index in [2.05, 4.69) is 4.72 Å². The third-order valence-electron chi connectivity index (χ3n) is 1.97. The Bertz CT molecular complexity index is 345. The van der Waals surface area contributed by atoms with Crippen molar-refractivity contribution in [3.63, 3.8) is 0 Å². The molecule has 6 heteroatoms. The first-order valence-electron chi connectivity index (χ1n) is 4.73. The molecule has 5 nitrogen and oxygen atoms in total. The minimum absolute atomic E-state index is 0.480. The predicted octanol–water partition coefficient (Wildman–Crippen LogP) is -0.466. The summed E-state index contributed by atoms with van der Waals surface area (Å²) < 4.78 is 13.8. The number of amides is 1. The van der Waals surface area contributed by atoms with Gasteiger partial charge in [-0.25, -0.2) is 0 Å². The van der Waals surface area contributed by atoms with Crippen LogP contribution >= 0.6 is 0 Å². The minimum Gasteiger partial charge on any atom is -0.588 e. The third-order valence-corrected chi connectivity index (χ3v) is 3.06. The molecule has 16 heavy (non-hydrogen) atoms. The summed E-state index contributed by atoms with van der Waals surface area (Å²) in [6, 6.07) is 7.40. The van der Waals surface area contributed by atoms with Crippen molar-refractivity contribution in [3.8, 4) is 0 Å². The third kappa shape index (κ3) is 3.49. The molecule has 0 aliphatic carbocycles. The van der Waals surface area contributed by atoms with E-state index < -0.39 is 29.4 Å². The standard InChI is InChI=1S/C10H14N2O3S/c1-7(13)9(11)10(14)12-16(15)8-5-3-2-4-6-8/h2-7,9,13H,11H2,1H3,(H,12,14)/t7-,9+,16?/m1/s1. The Kier molecular flexibility index (Phi) is 4.75. The normalized spacial score (nSPS) is 16.2. The van der Waals surface area contributed by atoms with E-state index in [9.17, 15) is 9.35 Å². The van der Waals surface area contributed by atoms with E-state index in [-0.39, 0.29) is 0 Å². The van der Waals surface area contributed by atoms with E-state index in [1.165, 1.54) is 6.92 Å². The van der Waals surface area contributed by atoms with Crippen LogP contribution in [0.2, 0.25) is 0 Å². The van der Waals surface area contributed by atoms with Gasteiger partial charge in [-0.2, -0.15) is 4.72 Å². The number of carbonyl (C=O) groups is 1. The van der Waals surface area contributed by atoms with E-state index in [0.717, 1.165) is 0 Å². The van der Waals surface area contributed by atoms with Crippen molar-refractivity contribution in [1.82, 2.24) is 4.72 Å². The van der Waals surface area contributed by atoms with E-state index in [1.807, 2.05) is 0 Å². The topological polar surface area (TPSA) is 98.4 Å². The second kappa shape index (κ2) is 5.86. The summed E-state index contributed by atoms with van der Waals surface area (Å²) >= 11 is -1.64. The number of aliphatic hydroxyl groups is 1. The number of benzene rings is 1. The zero-order chi connectivity index (χ0) is 12.1. The number of carbonyl (C=O) groups excluding carboxylic acids is 1. The molecule has 1 rings (SSSR count). The maximum Gasteiger partial charge on any atom is 0.281 e. The minimum atomic E-state index is -1.64. The number of nitrogens with one attached hydrogen (secondary N) is 1. The highest BCUT2D eigenvalue weighted by atomic mass is 32.2. The van der Waals surface area contributed by atoms with Crippen LogP contribution in [0.15, 0.2) is 35.2 Å². The molecule has 0 fully saturated rings. The monoisotopic (exact) mass is 242 g/mol. The highest BCUT2D eigenvalue weighted by Gasteiger charge is 2.24. The Hall–Kier alpha value is -1.08. The van der Waals surface area contributed by atoms with Crippen LogP contribution in [0.1, 0.15) is 6.92 Å². The summed E-state index contributed by atoms with van der Waals surface area (Å²) in [6.45, 7) is 1.40. The average molecular weight is 242 g/mol. The van der Waals surface area contributed by atoms with Crippen molar-refractivity contribution < 1.29 is 14.5 Å². The van der Waals surface area contributed by atoms with Gasteiger partial charge >= 0.3 is 0 Å². The van der Waals surface area contributed by atoms with Gasteiger partial charge in [0.15, 0.2) is 4.90 Å². The number of hydrogen-bond acceptors (Lipinski definition) is 4. The summed E-state index contributed by atoms with van der Waals surface area (Å²) in [6.07, 6.45) is -0.979. The summed E-state index contributed by atoms with van der Waals surface area (Å²) in [5.74, 6) is -0.641. The molecule has 0 radical (unpaired) electrons. The molecule has 1 amide bonds. The van der Waals surface area contributed by atoms with Gasteiger partial charge in [-0.1, -0.05) is 18.2 Å². The number of nitrogens with two attached hydrogens (primary N) is 1. The first-order chi connectivity index (χ1) is 7.52. The highest BCUT2D eigenvalue weighted by molar-refractivity contribution is 7.90. The summed E-state index contributed by atoms with van der Waals surface area (Å²) in [5.41, 5.74) is 5.39. The van der Waals surface area contributed by atoms with Gasteiger partial charge in [0, 0.05) is 0 Å². The van der Waals surface area contributed by atoms with Gasteiger partial charge in [0.25, 0.3) is 5.91 Å². The molecular weight excluding hydrogens is 228 g/mol. The molecule has 0 saturated heterocycles. The molecule has 88 valence electrons. The van der Waals surface area contributed by atoms with Crippen LogP contribution in [-0.2, 0) is 16.2 Å². The van der Waals surface area contributed by atoms with Crippen molar-refractivity contribution >= 4 is 17.3 Å². The SMILES string of the molecule is C[C@@H](O)[C@H](N)C(=O)N[S+]([O-])c1ccccc1. The summed E-state index contributed by atoms with van der Waals surface area (Å²) in [4.78, 5) is 11.9. The Morgan fingerprint density at radius 2 is 2.06 bits per heavy atom. The maximum absolute atomic E-state index is 11.6. The molecule has 1 aromatic carbocycles. The average Bonchev–Trinajstić information content (AvgIpc) is 2.28. The van der Waals surface area contributed by atoms with E-state index in [4.69, 9.17) is 10.8 Å². The first kappa shape index (κ1) is 13.0. The molecule has 3 atom stereocenters. The summed E-state index contributed by atoms with van der Waals surface area (Å²) in [7, 11) is 0. The van der Waals surface area contributed by atoms with Gasteiger partial charge < -0.3 is 15.4 Å². The molecular formula is C10H14N2O3S. The van der Waals surface area contributed by atoms with Crippen LogP contribution in [0.4, 0.5) is 0 Å². The zero-order valence-electron chi connectivity index (χ0n) is 8.79. The fourth-order valence-corrected chi connectivity index (χ4v) is 1.82. The Balaban J connectivity index is 2.58. The van der Waals surface area contributed by atoms with Crippen LogP contribution < -0.4 is 10.5 Å². The number of hydrogen-bond donors (Lipinski definition) is 3. The zero-order valence-corrected chi connectivity index (χ0v) is 9.61. The molecule has 1 unspecified atom stereocenters. The van der Waals surface area contributed by atoms with Crippen molar-refractivity contribution in [3.05, 3.63) is 30.3 Å². The van der Waals surface area contributed by atoms with E-state index in [1.54, 1.807) is 30.3 Å². The van der Waals surface area contributed by atoms with E-state index >= 15 is 0 Å². The first-order valence-corrected chi connectivity index (χ1v) is 5.88. The lowest BCUT2D eigenvalue weighted by molar-refractivity contribution is -0.122. The molecule has 0 aromatic heterocycles. The largest absolute Gasteiger partial charge is 0.588 e. The van der Waals surface area contributed by atoms with Crippen LogP contribution in [0.25, 0.3) is 0 Å². The van der Waals surface area contributed by atoms with Gasteiger partial charge in [0.1, 0.15) is 17.4 Å². The number of rotatable bonds is 4. The molecule has 0 saturated carbocycles. The van der Waals surface area contributed by atoms with Crippen molar-refractivity contribution in [2.45, 2.75) is 24.0 Å². The Morgan fingerprint density at radius 1 is 1.50 bits per heavy atom. The van der Waals surface area contributed by atoms with Gasteiger partial charge in [-0.15, -0.1) is 0 Å². The molecule has 0 spiro atoms. The lowest BCUT2D eigenvalue weighted by Crippen LogP contribution is -2.48. The molecule has 4 N–H and O–H groups in total. The van der Waals surface area contributed by atoms with Crippen molar-refractivity contribution in [2.24, 2.45) is 5.73 Å². The second-order valence-corrected chi connectivity index (χ2v) is 4.53. The van der Waals surface area contributed by atoms with Crippen LogP contribution in [0.5, 0.6) is 0 Å². The Morgan fingerprint density at radius 3 is 2.56 bits per heavy atom. The van der Waals surface area contributed by atoms with Crippen LogP contribution in [0, 0.1) is 0 Å². The van der Waals surface area contributed by atoms with Crippen molar-refractivity contribution in [2.75, 3.05) is 0 Å². The van der Waals surface area contributed by atoms with Crippen LogP contribution in [-0.4, -0.2) is 27.7 Å².